The molecular weight excluding hydrogens is 212 g/mol. The van der Waals surface area contributed by atoms with Gasteiger partial charge in [0.1, 0.15) is 0 Å². The Morgan fingerprint density at radius 2 is 2.06 bits per heavy atom. The molecule has 1 unspecified atom stereocenters. The molecule has 1 aromatic heterocycles. The Morgan fingerprint density at radius 1 is 1.35 bits per heavy atom. The van der Waals surface area contributed by atoms with Gasteiger partial charge in [0.25, 0.3) is 0 Å². The molecule has 1 fully saturated rings. The van der Waals surface area contributed by atoms with Crippen LogP contribution in [0, 0.1) is 0 Å². The van der Waals surface area contributed by atoms with Crippen LogP contribution in [0.4, 0.5) is 5.82 Å². The van der Waals surface area contributed by atoms with E-state index in [4.69, 9.17) is 5.73 Å². The van der Waals surface area contributed by atoms with Gasteiger partial charge in [0, 0.05) is 25.6 Å². The molecule has 1 aromatic rings. The van der Waals surface area contributed by atoms with Crippen LogP contribution in [0.25, 0.3) is 0 Å². The molecule has 0 aliphatic heterocycles. The Kier molecular flexibility index (Phi) is 3.94. The third kappa shape index (κ3) is 3.16. The van der Waals surface area contributed by atoms with Crippen molar-refractivity contribution in [1.29, 1.82) is 0 Å². The molecule has 1 saturated carbocycles. The van der Waals surface area contributed by atoms with Crippen LogP contribution in [-0.4, -0.2) is 29.8 Å². The number of hydrogen-bond donors (Lipinski definition) is 1. The van der Waals surface area contributed by atoms with Crippen LogP contribution >= 0.6 is 0 Å². The zero-order valence-electron chi connectivity index (χ0n) is 10.8. The SMILES string of the molecule is CC(N)CN(C)c1ccc(C2CCCC2)nn1. The number of hydrogen-bond acceptors (Lipinski definition) is 4. The summed E-state index contributed by atoms with van der Waals surface area (Å²) >= 11 is 0. The van der Waals surface area contributed by atoms with Crippen LogP contribution in [0.1, 0.15) is 44.2 Å². The van der Waals surface area contributed by atoms with Gasteiger partial charge in [-0.2, -0.15) is 5.10 Å². The largest absolute Gasteiger partial charge is 0.357 e. The lowest BCUT2D eigenvalue weighted by molar-refractivity contribution is 0.670. The van der Waals surface area contributed by atoms with Crippen molar-refractivity contribution in [2.24, 2.45) is 5.73 Å². The van der Waals surface area contributed by atoms with E-state index in [1.165, 1.54) is 25.7 Å². The fourth-order valence-electron chi connectivity index (χ4n) is 2.50. The van der Waals surface area contributed by atoms with Crippen molar-refractivity contribution >= 4 is 5.82 Å². The zero-order chi connectivity index (χ0) is 12.3. The summed E-state index contributed by atoms with van der Waals surface area (Å²) in [4.78, 5) is 2.05. The van der Waals surface area contributed by atoms with Crippen molar-refractivity contribution in [1.82, 2.24) is 10.2 Å². The number of rotatable bonds is 4. The van der Waals surface area contributed by atoms with Crippen LogP contribution in [0.15, 0.2) is 12.1 Å². The predicted molar refractivity (Wildman–Crippen MR) is 70.2 cm³/mol. The van der Waals surface area contributed by atoms with Crippen LogP contribution in [0.2, 0.25) is 0 Å². The second-order valence-electron chi connectivity index (χ2n) is 5.16. The monoisotopic (exact) mass is 234 g/mol. The molecule has 4 nitrogen and oxygen atoms in total. The molecule has 0 saturated heterocycles. The first kappa shape index (κ1) is 12.3. The molecule has 0 spiro atoms. The van der Waals surface area contributed by atoms with Gasteiger partial charge in [0.15, 0.2) is 5.82 Å². The average Bonchev–Trinajstić information content (AvgIpc) is 2.82. The Morgan fingerprint density at radius 3 is 2.59 bits per heavy atom. The van der Waals surface area contributed by atoms with Gasteiger partial charge in [0.2, 0.25) is 0 Å². The Labute approximate surface area is 103 Å². The highest BCUT2D eigenvalue weighted by Gasteiger charge is 2.18. The van der Waals surface area contributed by atoms with E-state index in [9.17, 15) is 0 Å². The fourth-order valence-corrected chi connectivity index (χ4v) is 2.50. The van der Waals surface area contributed by atoms with Gasteiger partial charge < -0.3 is 10.6 Å². The van der Waals surface area contributed by atoms with E-state index in [1.807, 2.05) is 14.0 Å². The van der Waals surface area contributed by atoms with Crippen molar-refractivity contribution < 1.29 is 0 Å². The average molecular weight is 234 g/mol. The predicted octanol–water partition coefficient (Wildman–Crippen LogP) is 1.92. The summed E-state index contributed by atoms with van der Waals surface area (Å²) < 4.78 is 0. The highest BCUT2D eigenvalue weighted by atomic mass is 15.2. The van der Waals surface area contributed by atoms with E-state index < -0.39 is 0 Å². The van der Waals surface area contributed by atoms with Gasteiger partial charge in [-0.1, -0.05) is 12.8 Å². The Hall–Kier alpha value is -1.16. The van der Waals surface area contributed by atoms with E-state index in [1.54, 1.807) is 0 Å². The van der Waals surface area contributed by atoms with Crippen LogP contribution in [0.5, 0.6) is 0 Å². The number of anilines is 1. The number of likely N-dealkylation sites (N-methyl/N-ethyl adjacent to an activating group) is 1. The minimum absolute atomic E-state index is 0.149. The second-order valence-corrected chi connectivity index (χ2v) is 5.16. The fraction of sp³-hybridized carbons (Fsp3) is 0.692. The van der Waals surface area contributed by atoms with Gasteiger partial charge in [-0.25, -0.2) is 0 Å². The smallest absolute Gasteiger partial charge is 0.151 e. The van der Waals surface area contributed by atoms with Crippen LogP contribution in [0.3, 0.4) is 0 Å². The summed E-state index contributed by atoms with van der Waals surface area (Å²) in [6.45, 7) is 2.80. The quantitative estimate of drug-likeness (QED) is 0.864. The third-order valence-electron chi connectivity index (χ3n) is 3.40. The molecule has 2 rings (SSSR count). The molecule has 17 heavy (non-hydrogen) atoms. The van der Waals surface area contributed by atoms with Crippen LogP contribution < -0.4 is 10.6 Å². The van der Waals surface area contributed by atoms with E-state index in [0.29, 0.717) is 5.92 Å². The van der Waals surface area contributed by atoms with Gasteiger partial charge in [0.05, 0.1) is 5.69 Å². The summed E-state index contributed by atoms with van der Waals surface area (Å²) in [6.07, 6.45) is 5.20. The summed E-state index contributed by atoms with van der Waals surface area (Å²) in [5.74, 6) is 1.54. The molecular formula is C13H22N4. The molecule has 1 aliphatic rings. The molecule has 2 N–H and O–H groups in total. The van der Waals surface area contributed by atoms with E-state index in [0.717, 1.165) is 18.1 Å². The first-order chi connectivity index (χ1) is 8.16. The molecule has 1 heterocycles. The summed E-state index contributed by atoms with van der Waals surface area (Å²) in [7, 11) is 2.00. The normalized spacial score (nSPS) is 18.3. The Balaban J connectivity index is 2.01. The molecule has 94 valence electrons. The van der Waals surface area contributed by atoms with E-state index >= 15 is 0 Å². The van der Waals surface area contributed by atoms with E-state index in [-0.39, 0.29) is 6.04 Å². The zero-order valence-corrected chi connectivity index (χ0v) is 10.8. The van der Waals surface area contributed by atoms with Crippen molar-refractivity contribution in [3.8, 4) is 0 Å². The van der Waals surface area contributed by atoms with Crippen molar-refractivity contribution in [3.63, 3.8) is 0 Å². The maximum absolute atomic E-state index is 5.77. The minimum atomic E-state index is 0.149. The van der Waals surface area contributed by atoms with Crippen LogP contribution in [-0.2, 0) is 0 Å². The molecule has 0 bridgehead atoms. The maximum Gasteiger partial charge on any atom is 0.151 e. The molecule has 1 aliphatic carbocycles. The first-order valence-corrected chi connectivity index (χ1v) is 6.47. The first-order valence-electron chi connectivity index (χ1n) is 6.47. The maximum atomic E-state index is 5.77. The van der Waals surface area contributed by atoms with Gasteiger partial charge in [-0.05, 0) is 31.9 Å². The van der Waals surface area contributed by atoms with Gasteiger partial charge >= 0.3 is 0 Å². The Bertz CT molecular complexity index is 341. The van der Waals surface area contributed by atoms with E-state index in [2.05, 4.69) is 27.2 Å². The lowest BCUT2D eigenvalue weighted by atomic mass is 10.0. The van der Waals surface area contributed by atoms with Gasteiger partial charge in [-0.15, -0.1) is 5.10 Å². The lowest BCUT2D eigenvalue weighted by Gasteiger charge is -2.20. The molecule has 1 atom stereocenters. The minimum Gasteiger partial charge on any atom is -0.357 e. The third-order valence-corrected chi connectivity index (χ3v) is 3.40. The number of aromatic nitrogens is 2. The number of nitrogens with zero attached hydrogens (tertiary/aromatic N) is 3. The van der Waals surface area contributed by atoms with Gasteiger partial charge in [-0.3, -0.25) is 0 Å². The molecule has 0 amide bonds. The highest BCUT2D eigenvalue weighted by molar-refractivity contribution is 5.36. The summed E-state index contributed by atoms with van der Waals surface area (Å²) in [5.41, 5.74) is 6.92. The lowest BCUT2D eigenvalue weighted by Crippen LogP contribution is -2.33. The standard InChI is InChI=1S/C13H22N4/c1-10(14)9-17(2)13-8-7-12(15-16-13)11-5-3-4-6-11/h7-8,10-11H,3-6,9,14H2,1-2H3. The topological polar surface area (TPSA) is 55.0 Å². The highest BCUT2D eigenvalue weighted by Crippen LogP contribution is 2.32. The summed E-state index contributed by atoms with van der Waals surface area (Å²) in [5, 5.41) is 8.65. The van der Waals surface area contributed by atoms with Crippen molar-refractivity contribution in [3.05, 3.63) is 17.8 Å². The van der Waals surface area contributed by atoms with Crippen molar-refractivity contribution in [2.45, 2.75) is 44.6 Å². The molecule has 0 radical (unpaired) electrons. The summed E-state index contributed by atoms with van der Waals surface area (Å²) in [6, 6.07) is 4.33. The number of nitrogens with two attached hydrogens (primary N) is 1. The van der Waals surface area contributed by atoms with Crippen molar-refractivity contribution in [2.75, 3.05) is 18.5 Å². The second kappa shape index (κ2) is 5.45. The molecule has 0 aromatic carbocycles. The molecule has 4 heteroatoms.